The third-order valence-electron chi connectivity index (χ3n) is 3.05. The van der Waals surface area contributed by atoms with Gasteiger partial charge in [0.15, 0.2) is 0 Å². The Morgan fingerprint density at radius 1 is 1.62 bits per heavy atom. The molecule has 2 heterocycles. The molecule has 0 saturated carbocycles. The van der Waals surface area contributed by atoms with E-state index in [1.54, 1.807) is 11.3 Å². The van der Waals surface area contributed by atoms with Crippen molar-refractivity contribution in [1.82, 2.24) is 15.2 Å². The first-order chi connectivity index (χ1) is 7.78. The highest BCUT2D eigenvalue weighted by Crippen LogP contribution is 2.15. The molecule has 1 atom stereocenters. The van der Waals surface area contributed by atoms with Crippen LogP contribution in [0.3, 0.4) is 0 Å². The normalized spacial score (nSPS) is 22.5. The van der Waals surface area contributed by atoms with Crippen LogP contribution < -0.4 is 5.32 Å². The van der Waals surface area contributed by atoms with E-state index in [-0.39, 0.29) is 0 Å². The lowest BCUT2D eigenvalue weighted by atomic mass is 10.1. The first-order valence-electron chi connectivity index (χ1n) is 6.14. The van der Waals surface area contributed by atoms with Gasteiger partial charge < -0.3 is 5.32 Å². The van der Waals surface area contributed by atoms with E-state index in [0.29, 0.717) is 6.04 Å². The molecule has 1 aliphatic heterocycles. The second-order valence-corrected chi connectivity index (χ2v) is 5.55. The summed E-state index contributed by atoms with van der Waals surface area (Å²) in [6, 6.07) is 0.679. The van der Waals surface area contributed by atoms with Crippen molar-refractivity contribution in [1.29, 1.82) is 0 Å². The Hall–Kier alpha value is -0.450. The number of piperidine rings is 1. The summed E-state index contributed by atoms with van der Waals surface area (Å²) in [5.41, 5.74) is 1.24. The predicted molar refractivity (Wildman–Crippen MR) is 68.8 cm³/mol. The van der Waals surface area contributed by atoms with Crippen molar-refractivity contribution in [3.63, 3.8) is 0 Å². The first kappa shape index (κ1) is 12.0. The van der Waals surface area contributed by atoms with Gasteiger partial charge >= 0.3 is 0 Å². The summed E-state index contributed by atoms with van der Waals surface area (Å²) in [6.07, 6.45) is 2.63. The number of thiazole rings is 1. The van der Waals surface area contributed by atoms with E-state index in [0.717, 1.165) is 13.1 Å². The third-order valence-corrected chi connectivity index (χ3v) is 3.87. The van der Waals surface area contributed by atoms with Crippen molar-refractivity contribution < 1.29 is 0 Å². The van der Waals surface area contributed by atoms with E-state index in [2.05, 4.69) is 34.4 Å². The molecule has 3 nitrogen and oxygen atoms in total. The number of nitrogens with zero attached hydrogens (tertiary/aromatic N) is 2. The monoisotopic (exact) mass is 239 g/mol. The average molecular weight is 239 g/mol. The molecule has 0 spiro atoms. The maximum Gasteiger partial charge on any atom is 0.0897 e. The molecule has 1 aromatic rings. The molecule has 0 amide bonds. The molecule has 0 aliphatic carbocycles. The molecule has 2 rings (SSSR count). The Bertz CT molecular complexity index is 322. The maximum atomic E-state index is 4.53. The fourth-order valence-electron chi connectivity index (χ4n) is 2.36. The molecule has 1 unspecified atom stereocenters. The van der Waals surface area contributed by atoms with E-state index >= 15 is 0 Å². The highest BCUT2D eigenvalue weighted by molar-refractivity contribution is 7.09. The minimum atomic E-state index is 0.679. The van der Waals surface area contributed by atoms with Crippen molar-refractivity contribution in [2.45, 2.75) is 39.3 Å². The number of hydrogen-bond acceptors (Lipinski definition) is 4. The fourth-order valence-corrected chi connectivity index (χ4v) is 2.97. The lowest BCUT2D eigenvalue weighted by Crippen LogP contribution is -2.45. The summed E-state index contributed by atoms with van der Waals surface area (Å²) >= 11 is 1.75. The van der Waals surface area contributed by atoms with Crippen molar-refractivity contribution in [3.8, 4) is 0 Å². The molecule has 1 N–H and O–H groups in total. The molecule has 90 valence electrons. The second kappa shape index (κ2) is 5.75. The molecule has 0 bridgehead atoms. The van der Waals surface area contributed by atoms with Gasteiger partial charge in [-0.05, 0) is 32.9 Å². The van der Waals surface area contributed by atoms with Crippen LogP contribution in [-0.2, 0) is 6.54 Å². The Morgan fingerprint density at radius 3 is 3.19 bits per heavy atom. The van der Waals surface area contributed by atoms with Gasteiger partial charge in [0, 0.05) is 24.5 Å². The lowest BCUT2D eigenvalue weighted by molar-refractivity contribution is 0.183. The number of rotatable bonds is 4. The average Bonchev–Trinajstić information content (AvgIpc) is 2.65. The zero-order valence-corrected chi connectivity index (χ0v) is 11.0. The first-order valence-corrected chi connectivity index (χ1v) is 7.02. The summed E-state index contributed by atoms with van der Waals surface area (Å²) in [7, 11) is 0. The quantitative estimate of drug-likeness (QED) is 0.871. The molecule has 0 aromatic carbocycles. The molecular formula is C12H21N3S. The number of aromatic nitrogens is 1. The molecule has 1 aliphatic rings. The SMILES string of the molecule is CCNC1CCCN(Cc2csc(C)n2)C1. The standard InChI is InChI=1S/C12H21N3S/c1-3-13-11-5-4-6-15(7-11)8-12-9-16-10(2)14-12/h9,11,13H,3-8H2,1-2H3. The number of hydrogen-bond donors (Lipinski definition) is 1. The summed E-state index contributed by atoms with van der Waals surface area (Å²) in [5.74, 6) is 0. The van der Waals surface area contributed by atoms with Crippen LogP contribution in [0.15, 0.2) is 5.38 Å². The van der Waals surface area contributed by atoms with E-state index in [9.17, 15) is 0 Å². The van der Waals surface area contributed by atoms with Crippen LogP contribution in [0.25, 0.3) is 0 Å². The van der Waals surface area contributed by atoms with Gasteiger partial charge in [-0.1, -0.05) is 6.92 Å². The van der Waals surface area contributed by atoms with Crippen LogP contribution in [0.4, 0.5) is 0 Å². The summed E-state index contributed by atoms with van der Waals surface area (Å²) < 4.78 is 0. The van der Waals surface area contributed by atoms with Crippen LogP contribution in [0.5, 0.6) is 0 Å². The van der Waals surface area contributed by atoms with Crippen LogP contribution in [0, 0.1) is 6.92 Å². The summed E-state index contributed by atoms with van der Waals surface area (Å²) in [5, 5.41) is 6.91. The van der Waals surface area contributed by atoms with Crippen molar-refractivity contribution >= 4 is 11.3 Å². The minimum Gasteiger partial charge on any atom is -0.313 e. The number of likely N-dealkylation sites (tertiary alicyclic amines) is 1. The predicted octanol–water partition coefficient (Wildman–Crippen LogP) is 2.03. The molecule has 0 radical (unpaired) electrons. The fraction of sp³-hybridized carbons (Fsp3) is 0.750. The van der Waals surface area contributed by atoms with Crippen LogP contribution in [-0.4, -0.2) is 35.6 Å². The van der Waals surface area contributed by atoms with E-state index < -0.39 is 0 Å². The molecule has 1 fully saturated rings. The lowest BCUT2D eigenvalue weighted by Gasteiger charge is -2.32. The largest absolute Gasteiger partial charge is 0.313 e. The maximum absolute atomic E-state index is 4.53. The molecule has 1 aromatic heterocycles. The topological polar surface area (TPSA) is 28.2 Å². The number of likely N-dealkylation sites (N-methyl/N-ethyl adjacent to an activating group) is 1. The Morgan fingerprint density at radius 2 is 2.50 bits per heavy atom. The van der Waals surface area contributed by atoms with Gasteiger partial charge in [-0.2, -0.15) is 0 Å². The zero-order valence-electron chi connectivity index (χ0n) is 10.2. The molecular weight excluding hydrogens is 218 g/mol. The van der Waals surface area contributed by atoms with Crippen molar-refractivity contribution in [2.24, 2.45) is 0 Å². The van der Waals surface area contributed by atoms with Crippen LogP contribution in [0.2, 0.25) is 0 Å². The Labute approximate surface area is 102 Å². The van der Waals surface area contributed by atoms with Gasteiger partial charge in [0.25, 0.3) is 0 Å². The van der Waals surface area contributed by atoms with Gasteiger partial charge in [0.2, 0.25) is 0 Å². The third kappa shape index (κ3) is 3.27. The van der Waals surface area contributed by atoms with Gasteiger partial charge in [-0.3, -0.25) is 4.90 Å². The number of aryl methyl sites for hydroxylation is 1. The van der Waals surface area contributed by atoms with E-state index in [1.807, 2.05) is 0 Å². The van der Waals surface area contributed by atoms with Gasteiger partial charge in [-0.25, -0.2) is 4.98 Å². The molecule has 16 heavy (non-hydrogen) atoms. The Balaban J connectivity index is 1.85. The van der Waals surface area contributed by atoms with Crippen LogP contribution >= 0.6 is 11.3 Å². The van der Waals surface area contributed by atoms with Crippen molar-refractivity contribution in [2.75, 3.05) is 19.6 Å². The van der Waals surface area contributed by atoms with Crippen LogP contribution in [0.1, 0.15) is 30.5 Å². The second-order valence-electron chi connectivity index (χ2n) is 4.49. The summed E-state index contributed by atoms with van der Waals surface area (Å²) in [4.78, 5) is 7.05. The Kier molecular flexibility index (Phi) is 4.32. The van der Waals surface area contributed by atoms with Gasteiger partial charge in [0.05, 0.1) is 10.7 Å². The molecule has 1 saturated heterocycles. The minimum absolute atomic E-state index is 0.679. The summed E-state index contributed by atoms with van der Waals surface area (Å²) in [6.45, 7) is 8.75. The molecule has 4 heteroatoms. The van der Waals surface area contributed by atoms with Gasteiger partial charge in [-0.15, -0.1) is 11.3 Å². The van der Waals surface area contributed by atoms with Crippen molar-refractivity contribution in [3.05, 3.63) is 16.1 Å². The van der Waals surface area contributed by atoms with E-state index in [1.165, 1.54) is 36.6 Å². The number of nitrogens with one attached hydrogen (secondary N) is 1. The zero-order chi connectivity index (χ0) is 11.4. The smallest absolute Gasteiger partial charge is 0.0897 e. The highest BCUT2D eigenvalue weighted by atomic mass is 32.1. The van der Waals surface area contributed by atoms with Gasteiger partial charge in [0.1, 0.15) is 0 Å². The van der Waals surface area contributed by atoms with E-state index in [4.69, 9.17) is 0 Å². The highest BCUT2D eigenvalue weighted by Gasteiger charge is 2.19.